The van der Waals surface area contributed by atoms with Crippen LogP contribution in [0.2, 0.25) is 0 Å². The first-order chi connectivity index (χ1) is 17.4. The summed E-state index contributed by atoms with van der Waals surface area (Å²) in [7, 11) is 0. The van der Waals surface area contributed by atoms with Crippen LogP contribution in [0.25, 0.3) is 45.6 Å². The Morgan fingerprint density at radius 2 is 0.972 bits per heavy atom. The lowest BCUT2D eigenvalue weighted by Gasteiger charge is -2.09. The van der Waals surface area contributed by atoms with E-state index in [0.29, 0.717) is 23.3 Å². The molecule has 0 aliphatic carbocycles. The molecule has 0 saturated carbocycles. The monoisotopic (exact) mass is 480 g/mol. The Balaban J connectivity index is 1.34. The van der Waals surface area contributed by atoms with Crippen LogP contribution in [0.15, 0.2) is 72.8 Å². The summed E-state index contributed by atoms with van der Waals surface area (Å²) in [5.41, 5.74) is 3.61. The van der Waals surface area contributed by atoms with Crippen LogP contribution in [0.5, 0.6) is 11.5 Å². The van der Waals surface area contributed by atoms with Crippen molar-refractivity contribution >= 4 is 0 Å². The molecule has 0 spiro atoms. The van der Waals surface area contributed by atoms with E-state index in [1.54, 1.807) is 0 Å². The van der Waals surface area contributed by atoms with Crippen LogP contribution in [0, 0.1) is 0 Å². The third-order valence-electron chi connectivity index (χ3n) is 5.35. The first-order valence-corrected chi connectivity index (χ1v) is 11.9. The molecular formula is C28H28N6O2. The number of aromatic nitrogens is 6. The van der Waals surface area contributed by atoms with E-state index < -0.39 is 0 Å². The molecule has 0 aliphatic rings. The second-order valence-electron chi connectivity index (χ2n) is 8.98. The third kappa shape index (κ3) is 5.27. The van der Waals surface area contributed by atoms with E-state index in [0.717, 1.165) is 33.8 Å². The lowest BCUT2D eigenvalue weighted by atomic mass is 10.1. The zero-order chi connectivity index (χ0) is 25.1. The van der Waals surface area contributed by atoms with E-state index in [1.165, 1.54) is 0 Å². The van der Waals surface area contributed by atoms with Crippen LogP contribution >= 0.6 is 0 Å². The van der Waals surface area contributed by atoms with Gasteiger partial charge >= 0.3 is 0 Å². The average molecular weight is 481 g/mol. The van der Waals surface area contributed by atoms with Gasteiger partial charge in [-0.2, -0.15) is 10.2 Å². The smallest absolute Gasteiger partial charge is 0.181 e. The maximum absolute atomic E-state index is 5.72. The summed E-state index contributed by atoms with van der Waals surface area (Å²) < 4.78 is 11.4. The minimum absolute atomic E-state index is 0.130. The van der Waals surface area contributed by atoms with Crippen molar-refractivity contribution in [1.82, 2.24) is 30.4 Å². The van der Waals surface area contributed by atoms with Crippen molar-refractivity contribution < 1.29 is 9.47 Å². The van der Waals surface area contributed by atoms with Crippen LogP contribution in [-0.2, 0) is 0 Å². The van der Waals surface area contributed by atoms with Crippen molar-refractivity contribution in [2.45, 2.75) is 39.9 Å². The van der Waals surface area contributed by atoms with Gasteiger partial charge in [-0.25, -0.2) is 9.97 Å². The number of hydrogen-bond donors (Lipinski definition) is 2. The third-order valence-corrected chi connectivity index (χ3v) is 5.35. The number of H-pyrrole nitrogens is 2. The Labute approximate surface area is 209 Å². The Bertz CT molecular complexity index is 1330. The highest BCUT2D eigenvalue weighted by atomic mass is 16.5. The van der Waals surface area contributed by atoms with E-state index in [9.17, 15) is 0 Å². The van der Waals surface area contributed by atoms with Gasteiger partial charge in [-0.15, -0.1) is 0 Å². The molecule has 0 fully saturated rings. The number of ether oxygens (including phenoxy) is 2. The number of nitrogens with one attached hydrogen (secondary N) is 2. The highest BCUT2D eigenvalue weighted by Crippen LogP contribution is 2.27. The largest absolute Gasteiger partial charge is 0.491 e. The minimum Gasteiger partial charge on any atom is -0.491 e. The standard InChI is InChI=1S/C28H28N6O2/c1-17(2)35-23-12-8-19(9-13-23)25-29-27(33-31-25)21-6-5-7-22(16-21)28-30-26(32-34-28)20-10-14-24(15-11-20)36-18(3)4/h5-18H,1-4H3,(H,29,31,33)(H,30,32,34). The second kappa shape index (κ2) is 10.0. The fraction of sp³-hybridized carbons (Fsp3) is 0.214. The highest BCUT2D eigenvalue weighted by Gasteiger charge is 2.12. The molecule has 182 valence electrons. The first kappa shape index (κ1) is 23.3. The maximum Gasteiger partial charge on any atom is 0.181 e. The van der Waals surface area contributed by atoms with Gasteiger partial charge in [0.15, 0.2) is 23.3 Å². The van der Waals surface area contributed by atoms with Gasteiger partial charge in [0, 0.05) is 22.3 Å². The topological polar surface area (TPSA) is 102 Å². The molecule has 36 heavy (non-hydrogen) atoms. The molecule has 0 amide bonds. The van der Waals surface area contributed by atoms with Crippen LogP contribution in [-0.4, -0.2) is 42.6 Å². The summed E-state index contributed by atoms with van der Waals surface area (Å²) in [6.45, 7) is 8.02. The van der Waals surface area contributed by atoms with Crippen molar-refractivity contribution in [3.8, 4) is 57.1 Å². The molecule has 2 N–H and O–H groups in total. The highest BCUT2D eigenvalue weighted by molar-refractivity contribution is 5.69. The molecule has 3 aromatic carbocycles. The fourth-order valence-corrected chi connectivity index (χ4v) is 3.76. The molecule has 0 radical (unpaired) electrons. The van der Waals surface area contributed by atoms with E-state index >= 15 is 0 Å². The van der Waals surface area contributed by atoms with Gasteiger partial charge in [0.2, 0.25) is 0 Å². The Kier molecular flexibility index (Phi) is 6.49. The molecule has 0 unspecified atom stereocenters. The van der Waals surface area contributed by atoms with Crippen LogP contribution in [0.1, 0.15) is 27.7 Å². The lowest BCUT2D eigenvalue weighted by molar-refractivity contribution is 0.242. The Morgan fingerprint density at radius 1 is 0.556 bits per heavy atom. The van der Waals surface area contributed by atoms with Crippen LogP contribution in [0.4, 0.5) is 0 Å². The van der Waals surface area contributed by atoms with Crippen molar-refractivity contribution in [1.29, 1.82) is 0 Å². The number of rotatable bonds is 8. The SMILES string of the molecule is CC(C)Oc1ccc(-c2nc(-c3cccc(-c4n[nH]c(-c5ccc(OC(C)C)cc5)n4)c3)n[nH]2)cc1. The van der Waals surface area contributed by atoms with Crippen LogP contribution < -0.4 is 9.47 Å². The number of nitrogens with zero attached hydrogens (tertiary/aromatic N) is 4. The van der Waals surface area contributed by atoms with Gasteiger partial charge in [-0.1, -0.05) is 18.2 Å². The maximum atomic E-state index is 5.72. The lowest BCUT2D eigenvalue weighted by Crippen LogP contribution is -2.05. The first-order valence-electron chi connectivity index (χ1n) is 11.9. The zero-order valence-electron chi connectivity index (χ0n) is 20.7. The van der Waals surface area contributed by atoms with Gasteiger partial charge in [-0.05, 0) is 82.3 Å². The van der Waals surface area contributed by atoms with Crippen molar-refractivity contribution in [3.63, 3.8) is 0 Å². The summed E-state index contributed by atoms with van der Waals surface area (Å²) in [6.07, 6.45) is 0.259. The summed E-state index contributed by atoms with van der Waals surface area (Å²) in [6, 6.07) is 23.5. The molecule has 8 nitrogen and oxygen atoms in total. The average Bonchev–Trinajstić information content (AvgIpc) is 3.55. The molecule has 0 aliphatic heterocycles. The molecular weight excluding hydrogens is 452 g/mol. The predicted molar refractivity (Wildman–Crippen MR) is 140 cm³/mol. The van der Waals surface area contributed by atoms with Crippen LogP contribution in [0.3, 0.4) is 0 Å². The molecule has 0 bridgehead atoms. The molecule has 0 atom stereocenters. The second-order valence-corrected chi connectivity index (χ2v) is 8.98. The Hall–Kier alpha value is -4.46. The van der Waals surface area contributed by atoms with Crippen molar-refractivity contribution in [2.75, 3.05) is 0 Å². The van der Waals surface area contributed by atoms with Gasteiger partial charge < -0.3 is 9.47 Å². The molecule has 5 aromatic rings. The quantitative estimate of drug-likeness (QED) is 0.276. The van der Waals surface area contributed by atoms with Gasteiger partial charge in [0.05, 0.1) is 12.2 Å². The minimum atomic E-state index is 0.130. The molecule has 2 heterocycles. The molecule has 5 rings (SSSR count). The number of aromatic amines is 2. The summed E-state index contributed by atoms with van der Waals surface area (Å²) in [5.74, 6) is 4.24. The van der Waals surface area contributed by atoms with E-state index in [1.807, 2.05) is 100 Å². The van der Waals surface area contributed by atoms with Gasteiger partial charge in [0.1, 0.15) is 11.5 Å². The molecule has 2 aromatic heterocycles. The zero-order valence-corrected chi connectivity index (χ0v) is 20.7. The van der Waals surface area contributed by atoms with E-state index in [-0.39, 0.29) is 12.2 Å². The molecule has 0 saturated heterocycles. The normalized spacial score (nSPS) is 11.3. The summed E-state index contributed by atoms with van der Waals surface area (Å²) in [4.78, 5) is 9.38. The number of hydrogen-bond acceptors (Lipinski definition) is 6. The van der Waals surface area contributed by atoms with Crippen molar-refractivity contribution in [3.05, 3.63) is 72.8 Å². The van der Waals surface area contributed by atoms with Gasteiger partial charge in [0.25, 0.3) is 0 Å². The van der Waals surface area contributed by atoms with Gasteiger partial charge in [-0.3, -0.25) is 10.2 Å². The Morgan fingerprint density at radius 3 is 1.36 bits per heavy atom. The van der Waals surface area contributed by atoms with Crippen molar-refractivity contribution in [2.24, 2.45) is 0 Å². The summed E-state index contributed by atoms with van der Waals surface area (Å²) >= 11 is 0. The molecule has 8 heteroatoms. The fourth-order valence-electron chi connectivity index (χ4n) is 3.76. The van der Waals surface area contributed by atoms with E-state index in [2.05, 4.69) is 30.4 Å². The summed E-state index contributed by atoms with van der Waals surface area (Å²) in [5, 5.41) is 14.9. The number of benzene rings is 3. The van der Waals surface area contributed by atoms with E-state index in [4.69, 9.17) is 9.47 Å². The predicted octanol–water partition coefficient (Wildman–Crippen LogP) is 6.17.